The second-order valence-electron chi connectivity index (χ2n) is 8.71. The highest BCUT2D eigenvalue weighted by Crippen LogP contribution is 2.33. The van der Waals surface area contributed by atoms with Crippen molar-refractivity contribution in [2.75, 3.05) is 11.9 Å². The molecule has 1 aliphatic carbocycles. The van der Waals surface area contributed by atoms with Crippen molar-refractivity contribution in [3.8, 4) is 0 Å². The number of aromatic nitrogens is 1. The lowest BCUT2D eigenvalue weighted by Gasteiger charge is -2.23. The number of ether oxygens (including phenoxy) is 1. The van der Waals surface area contributed by atoms with Gasteiger partial charge in [-0.05, 0) is 41.5 Å². The summed E-state index contributed by atoms with van der Waals surface area (Å²) in [5.41, 5.74) is 7.38. The van der Waals surface area contributed by atoms with Gasteiger partial charge >= 0.3 is 5.97 Å². The molecule has 0 aliphatic heterocycles. The van der Waals surface area contributed by atoms with E-state index in [9.17, 15) is 30.1 Å². The van der Waals surface area contributed by atoms with Gasteiger partial charge in [0.2, 0.25) is 0 Å². The minimum atomic E-state index is -1.25. The van der Waals surface area contributed by atoms with E-state index >= 15 is 0 Å². The number of benzene rings is 1. The third-order valence-corrected chi connectivity index (χ3v) is 7.28. The van der Waals surface area contributed by atoms with Gasteiger partial charge in [-0.3, -0.25) is 9.78 Å². The molecule has 0 amide bonds. The third kappa shape index (κ3) is 6.62. The quantitative estimate of drug-likeness (QED) is 0.129. The molecule has 3 unspecified atom stereocenters. The minimum Gasteiger partial charge on any atom is -0.461 e. The Kier molecular flexibility index (Phi) is 8.50. The second kappa shape index (κ2) is 12.0. The van der Waals surface area contributed by atoms with Crippen LogP contribution in [0.5, 0.6) is 0 Å². The summed E-state index contributed by atoms with van der Waals surface area (Å²) in [4.78, 5) is 46.8. The number of carbonyl (C=O) groups is 1. The number of aliphatic hydroxyl groups excluding tert-OH is 1. The van der Waals surface area contributed by atoms with Crippen LogP contribution in [0.4, 0.5) is 5.00 Å². The van der Waals surface area contributed by atoms with Gasteiger partial charge in [0.05, 0.1) is 15.6 Å². The molecule has 1 aromatic carbocycles. The largest absolute Gasteiger partial charge is 0.461 e. The fourth-order valence-corrected chi connectivity index (χ4v) is 5.34. The lowest BCUT2D eigenvalue weighted by Crippen LogP contribution is -2.32. The van der Waals surface area contributed by atoms with E-state index in [1.165, 1.54) is 11.3 Å². The zero-order valence-electron chi connectivity index (χ0n) is 19.9. The molecular weight excluding hydrogens is 522 g/mol. The van der Waals surface area contributed by atoms with E-state index in [-0.39, 0.29) is 26.0 Å². The van der Waals surface area contributed by atoms with E-state index in [0.717, 1.165) is 20.7 Å². The van der Waals surface area contributed by atoms with Gasteiger partial charge in [-0.1, -0.05) is 24.3 Å². The molecule has 2 aromatic heterocycles. The smallest absolute Gasteiger partial charge is 0.309 e. The Morgan fingerprint density at radius 2 is 1.82 bits per heavy atom. The predicted octanol–water partition coefficient (Wildman–Crippen LogP) is 2.38. The van der Waals surface area contributed by atoms with Gasteiger partial charge in [0.1, 0.15) is 25.0 Å². The Morgan fingerprint density at radius 3 is 2.39 bits per heavy atom. The molecule has 38 heavy (non-hydrogen) atoms. The fraction of sp³-hybridized carbons (Fsp3) is 0.391. The maximum atomic E-state index is 12.5. The Bertz CT molecular complexity index is 1230. The highest BCUT2D eigenvalue weighted by Gasteiger charge is 2.43. The lowest BCUT2D eigenvalue weighted by atomic mass is 9.96. The Balaban J connectivity index is 1.32. The molecule has 2 heterocycles. The van der Waals surface area contributed by atoms with Crippen LogP contribution in [0.25, 0.3) is 10.1 Å². The van der Waals surface area contributed by atoms with Crippen LogP contribution >= 0.6 is 11.3 Å². The molecule has 14 nitrogen and oxygen atoms in total. The number of fused-ring (bicyclic) bond motifs is 1. The first-order valence-electron chi connectivity index (χ1n) is 11.6. The second-order valence-corrected chi connectivity index (χ2v) is 9.79. The molecule has 4 rings (SSSR count). The number of esters is 1. The molecule has 202 valence electrons. The van der Waals surface area contributed by atoms with Gasteiger partial charge in [0.15, 0.2) is 0 Å². The van der Waals surface area contributed by atoms with Gasteiger partial charge in [0, 0.05) is 24.9 Å². The van der Waals surface area contributed by atoms with E-state index < -0.39 is 46.4 Å². The van der Waals surface area contributed by atoms with E-state index in [1.54, 1.807) is 36.7 Å². The van der Waals surface area contributed by atoms with Gasteiger partial charge in [0.25, 0.3) is 10.2 Å². The monoisotopic (exact) mass is 547 g/mol. The first kappa shape index (κ1) is 27.0. The van der Waals surface area contributed by atoms with Crippen molar-refractivity contribution in [2.45, 2.75) is 43.8 Å². The molecule has 0 bridgehead atoms. The van der Waals surface area contributed by atoms with Crippen LogP contribution in [0.1, 0.15) is 29.9 Å². The molecular formula is C23H25N5O9S. The zero-order valence-corrected chi connectivity index (χ0v) is 20.7. The fourth-order valence-electron chi connectivity index (χ4n) is 4.38. The molecule has 1 aliphatic rings. The summed E-state index contributed by atoms with van der Waals surface area (Å²) in [5, 5.41) is 34.8. The van der Waals surface area contributed by atoms with Crippen LogP contribution in [-0.2, 0) is 25.8 Å². The highest BCUT2D eigenvalue weighted by atomic mass is 32.1. The number of aliphatic hydroxyl groups is 1. The third-order valence-electron chi connectivity index (χ3n) is 6.26. The summed E-state index contributed by atoms with van der Waals surface area (Å²) in [6, 6.07) is 10.8. The Morgan fingerprint density at radius 1 is 1.16 bits per heavy atom. The number of anilines is 1. The number of rotatable bonds is 12. The van der Waals surface area contributed by atoms with Crippen LogP contribution < -0.4 is 11.1 Å². The number of carbonyl (C=O) groups excluding carboxylic acids is 1. The molecule has 0 saturated heterocycles. The molecule has 0 radical (unpaired) electrons. The molecule has 4 atom stereocenters. The number of nitrogens with one attached hydrogen (secondary N) is 1. The number of thiophene rings is 1. The maximum absolute atomic E-state index is 12.5. The summed E-state index contributed by atoms with van der Waals surface area (Å²) in [7, 11) is 0. The van der Waals surface area contributed by atoms with Gasteiger partial charge in [-0.15, -0.1) is 31.6 Å². The minimum absolute atomic E-state index is 0.0823. The molecule has 1 saturated carbocycles. The number of pyridine rings is 1. The van der Waals surface area contributed by atoms with E-state index in [0.29, 0.717) is 5.56 Å². The van der Waals surface area contributed by atoms with Crippen molar-refractivity contribution in [3.63, 3.8) is 0 Å². The van der Waals surface area contributed by atoms with Crippen LogP contribution in [0.15, 0.2) is 48.8 Å². The van der Waals surface area contributed by atoms with Crippen LogP contribution in [-0.4, -0.2) is 51.2 Å². The van der Waals surface area contributed by atoms with Crippen molar-refractivity contribution in [2.24, 2.45) is 11.7 Å². The van der Waals surface area contributed by atoms with Crippen LogP contribution in [0.2, 0.25) is 0 Å². The zero-order chi connectivity index (χ0) is 27.2. The Hall–Kier alpha value is -4.08. The number of hydrogen-bond acceptors (Lipinski definition) is 13. The predicted molar refractivity (Wildman–Crippen MR) is 134 cm³/mol. The molecule has 3 aromatic rings. The van der Waals surface area contributed by atoms with E-state index in [4.69, 9.17) is 10.5 Å². The van der Waals surface area contributed by atoms with Gasteiger partial charge < -0.3 is 30.6 Å². The van der Waals surface area contributed by atoms with Crippen molar-refractivity contribution in [1.82, 2.24) is 4.98 Å². The molecule has 4 N–H and O–H groups in total. The van der Waals surface area contributed by atoms with E-state index in [1.807, 2.05) is 12.1 Å². The number of hydrogen-bond donors (Lipinski definition) is 3. The highest BCUT2D eigenvalue weighted by molar-refractivity contribution is 7.22. The van der Waals surface area contributed by atoms with Crippen LogP contribution in [0, 0.1) is 26.1 Å². The Labute approximate surface area is 219 Å². The van der Waals surface area contributed by atoms with Crippen molar-refractivity contribution >= 4 is 32.4 Å². The topological polar surface area (TPSA) is 202 Å². The molecule has 0 spiro atoms. The summed E-state index contributed by atoms with van der Waals surface area (Å²) in [5.74, 6) is -1.93. The van der Waals surface area contributed by atoms with Crippen LogP contribution in [0.3, 0.4) is 0 Å². The first-order valence-corrected chi connectivity index (χ1v) is 12.4. The number of nitrogens with zero attached hydrogens (tertiary/aromatic N) is 3. The summed E-state index contributed by atoms with van der Waals surface area (Å²) in [6.07, 6.45) is -0.265. The maximum Gasteiger partial charge on any atom is 0.309 e. The normalized spacial score (nSPS) is 20.4. The average Bonchev–Trinajstić information content (AvgIpc) is 3.46. The lowest BCUT2D eigenvalue weighted by molar-refractivity contribution is -0.797. The van der Waals surface area contributed by atoms with Crippen molar-refractivity contribution in [3.05, 3.63) is 80.1 Å². The van der Waals surface area contributed by atoms with Gasteiger partial charge in [-0.25, -0.2) is 0 Å². The summed E-state index contributed by atoms with van der Waals surface area (Å²) >= 11 is 1.47. The summed E-state index contributed by atoms with van der Waals surface area (Å²) < 4.78 is 6.31. The van der Waals surface area contributed by atoms with Crippen molar-refractivity contribution < 1.29 is 34.5 Å². The molecule has 15 heteroatoms. The average molecular weight is 548 g/mol. The van der Waals surface area contributed by atoms with E-state index in [2.05, 4.69) is 20.0 Å². The van der Waals surface area contributed by atoms with Crippen molar-refractivity contribution in [1.29, 1.82) is 0 Å². The standard InChI is InChI=1S/C23H25N5O9S/c24-10-17(22(29)26-21-9-15-5-6-25-11-20(15)38-21)14-3-1-13(2-4-14)12-35-23(30)16-7-18(36-27(31)32)19(8-16)37-28(33)34/h1-6,9,11,16-19,22,26,29H,7-8,10,12,24H2/t16?,17?,18?,19?,22-/m0/s1. The SMILES string of the molecule is NCC(c1ccc(COC(=O)C2CC(O[N+](=O)[O-])C(O[N+](=O)[O-])C2)cc1)[C@H](O)Nc1cc2ccncc2s1. The van der Waals surface area contributed by atoms with Gasteiger partial charge in [-0.2, -0.15) is 0 Å². The summed E-state index contributed by atoms with van der Waals surface area (Å²) in [6.45, 7) is 0.0957. The first-order chi connectivity index (χ1) is 18.2. The molecule has 1 fully saturated rings. The number of nitrogens with two attached hydrogens (primary N) is 1.